The van der Waals surface area contributed by atoms with Gasteiger partial charge in [0.05, 0.1) is 0 Å². The van der Waals surface area contributed by atoms with Crippen molar-refractivity contribution in [2.75, 3.05) is 6.54 Å². The van der Waals surface area contributed by atoms with E-state index >= 15 is 0 Å². The maximum Gasteiger partial charge on any atom is 0.123 e. The maximum atomic E-state index is 13.0. The molecule has 1 fully saturated rings. The van der Waals surface area contributed by atoms with Crippen LogP contribution in [0.4, 0.5) is 4.39 Å². The molecule has 82 valence electrons. The van der Waals surface area contributed by atoms with Gasteiger partial charge in [0.2, 0.25) is 0 Å². The van der Waals surface area contributed by atoms with Crippen LogP contribution in [-0.2, 0) is 0 Å². The van der Waals surface area contributed by atoms with Crippen molar-refractivity contribution in [2.45, 2.75) is 38.1 Å². The molecular weight excluding hydrogens is 189 g/mol. The monoisotopic (exact) mass is 207 g/mol. The molecule has 0 radical (unpaired) electrons. The average molecular weight is 207 g/mol. The fourth-order valence-electron chi connectivity index (χ4n) is 2.33. The highest BCUT2D eigenvalue weighted by Gasteiger charge is 2.17. The maximum absolute atomic E-state index is 13.0. The summed E-state index contributed by atoms with van der Waals surface area (Å²) in [6, 6.07) is 7.60. The molecule has 1 heterocycles. The first-order valence-corrected chi connectivity index (χ1v) is 5.74. The Morgan fingerprint density at radius 3 is 3.07 bits per heavy atom. The second-order valence-corrected chi connectivity index (χ2v) is 4.49. The molecule has 2 atom stereocenters. The average Bonchev–Trinajstić information content (AvgIpc) is 2.70. The van der Waals surface area contributed by atoms with E-state index in [0.717, 1.165) is 18.5 Å². The lowest BCUT2D eigenvalue weighted by atomic mass is 9.93. The fourth-order valence-corrected chi connectivity index (χ4v) is 2.33. The van der Waals surface area contributed by atoms with Crippen molar-refractivity contribution in [3.63, 3.8) is 0 Å². The standard InChI is InChI=1S/C13H18FN/c1-10(8-13-6-3-7-15-13)11-4-2-5-12(14)9-11/h2,4-5,9-10,13,15H,3,6-8H2,1H3. The van der Waals surface area contributed by atoms with E-state index in [1.807, 2.05) is 6.07 Å². The zero-order valence-corrected chi connectivity index (χ0v) is 9.17. The number of rotatable bonds is 3. The van der Waals surface area contributed by atoms with Crippen LogP contribution in [0.15, 0.2) is 24.3 Å². The first-order chi connectivity index (χ1) is 7.25. The SMILES string of the molecule is CC(CC1CCCN1)c1cccc(F)c1. The highest BCUT2D eigenvalue weighted by molar-refractivity contribution is 5.20. The van der Waals surface area contributed by atoms with Gasteiger partial charge < -0.3 is 5.32 Å². The molecule has 1 N–H and O–H groups in total. The van der Waals surface area contributed by atoms with E-state index in [-0.39, 0.29) is 5.82 Å². The van der Waals surface area contributed by atoms with Crippen molar-refractivity contribution >= 4 is 0 Å². The molecule has 0 spiro atoms. The van der Waals surface area contributed by atoms with Crippen molar-refractivity contribution in [2.24, 2.45) is 0 Å². The smallest absolute Gasteiger partial charge is 0.123 e. The fraction of sp³-hybridized carbons (Fsp3) is 0.538. The molecule has 1 aliphatic heterocycles. The second-order valence-electron chi connectivity index (χ2n) is 4.49. The second kappa shape index (κ2) is 4.75. The van der Waals surface area contributed by atoms with E-state index in [4.69, 9.17) is 0 Å². The van der Waals surface area contributed by atoms with E-state index in [0.29, 0.717) is 12.0 Å². The molecule has 1 saturated heterocycles. The van der Waals surface area contributed by atoms with Crippen LogP contribution in [0.3, 0.4) is 0 Å². The molecule has 0 saturated carbocycles. The van der Waals surface area contributed by atoms with Gasteiger partial charge in [0, 0.05) is 6.04 Å². The molecule has 1 aromatic carbocycles. The van der Waals surface area contributed by atoms with Gasteiger partial charge in [-0.1, -0.05) is 19.1 Å². The molecule has 2 rings (SSSR count). The third-order valence-electron chi connectivity index (χ3n) is 3.22. The van der Waals surface area contributed by atoms with Crippen molar-refractivity contribution in [3.05, 3.63) is 35.6 Å². The molecule has 0 bridgehead atoms. The number of hydrogen-bond donors (Lipinski definition) is 1. The number of hydrogen-bond acceptors (Lipinski definition) is 1. The molecule has 2 unspecified atom stereocenters. The van der Waals surface area contributed by atoms with E-state index in [2.05, 4.69) is 12.2 Å². The van der Waals surface area contributed by atoms with E-state index in [1.165, 1.54) is 18.9 Å². The molecule has 0 amide bonds. The van der Waals surface area contributed by atoms with Crippen LogP contribution in [0.25, 0.3) is 0 Å². The summed E-state index contributed by atoms with van der Waals surface area (Å²) in [4.78, 5) is 0. The van der Waals surface area contributed by atoms with Gasteiger partial charge in [-0.2, -0.15) is 0 Å². The van der Waals surface area contributed by atoms with Crippen molar-refractivity contribution in [1.82, 2.24) is 5.32 Å². The molecular formula is C13H18FN. The van der Waals surface area contributed by atoms with Gasteiger partial charge in [0.1, 0.15) is 5.82 Å². The summed E-state index contributed by atoms with van der Waals surface area (Å²) in [7, 11) is 0. The van der Waals surface area contributed by atoms with Crippen LogP contribution in [0.2, 0.25) is 0 Å². The minimum atomic E-state index is -0.126. The summed E-state index contributed by atoms with van der Waals surface area (Å²) in [6.07, 6.45) is 3.66. The Morgan fingerprint density at radius 2 is 2.40 bits per heavy atom. The largest absolute Gasteiger partial charge is 0.314 e. The normalized spacial score (nSPS) is 22.9. The molecule has 2 heteroatoms. The van der Waals surface area contributed by atoms with Crippen LogP contribution in [0.5, 0.6) is 0 Å². The van der Waals surface area contributed by atoms with Crippen LogP contribution < -0.4 is 5.32 Å². The van der Waals surface area contributed by atoms with E-state index in [1.54, 1.807) is 12.1 Å². The third kappa shape index (κ3) is 2.78. The first-order valence-electron chi connectivity index (χ1n) is 5.74. The van der Waals surface area contributed by atoms with E-state index in [9.17, 15) is 4.39 Å². The summed E-state index contributed by atoms with van der Waals surface area (Å²) in [5.41, 5.74) is 1.11. The lowest BCUT2D eigenvalue weighted by Crippen LogP contribution is -2.23. The summed E-state index contributed by atoms with van der Waals surface area (Å²) in [5, 5.41) is 3.48. The zero-order valence-electron chi connectivity index (χ0n) is 9.17. The van der Waals surface area contributed by atoms with Gasteiger partial charge in [0.15, 0.2) is 0 Å². The lowest BCUT2D eigenvalue weighted by molar-refractivity contribution is 0.508. The lowest BCUT2D eigenvalue weighted by Gasteiger charge is -2.17. The van der Waals surface area contributed by atoms with E-state index < -0.39 is 0 Å². The molecule has 1 aliphatic rings. The molecule has 1 nitrogen and oxygen atoms in total. The Labute approximate surface area is 90.7 Å². The third-order valence-corrected chi connectivity index (χ3v) is 3.22. The predicted octanol–water partition coefficient (Wildman–Crippen LogP) is 3.07. The minimum Gasteiger partial charge on any atom is -0.314 e. The molecule has 0 aliphatic carbocycles. The Kier molecular flexibility index (Phi) is 3.37. The van der Waals surface area contributed by atoms with Crippen LogP contribution in [0.1, 0.15) is 37.7 Å². The Bertz CT molecular complexity index is 318. The highest BCUT2D eigenvalue weighted by Crippen LogP contribution is 2.24. The highest BCUT2D eigenvalue weighted by atomic mass is 19.1. The van der Waals surface area contributed by atoms with Gasteiger partial charge in [-0.3, -0.25) is 0 Å². The van der Waals surface area contributed by atoms with Gasteiger partial charge in [-0.15, -0.1) is 0 Å². The number of nitrogens with one attached hydrogen (secondary N) is 1. The van der Waals surface area contributed by atoms with Crippen molar-refractivity contribution in [3.8, 4) is 0 Å². The van der Waals surface area contributed by atoms with Gasteiger partial charge >= 0.3 is 0 Å². The van der Waals surface area contributed by atoms with Gasteiger partial charge in [-0.05, 0) is 49.4 Å². The summed E-state index contributed by atoms with van der Waals surface area (Å²) < 4.78 is 13.0. The number of halogens is 1. The van der Waals surface area contributed by atoms with Gasteiger partial charge in [-0.25, -0.2) is 4.39 Å². The van der Waals surface area contributed by atoms with Gasteiger partial charge in [0.25, 0.3) is 0 Å². The van der Waals surface area contributed by atoms with Crippen molar-refractivity contribution < 1.29 is 4.39 Å². The Morgan fingerprint density at radius 1 is 1.53 bits per heavy atom. The van der Waals surface area contributed by atoms with Crippen LogP contribution in [0, 0.1) is 5.82 Å². The zero-order chi connectivity index (χ0) is 10.7. The Hall–Kier alpha value is -0.890. The quantitative estimate of drug-likeness (QED) is 0.803. The van der Waals surface area contributed by atoms with Crippen LogP contribution >= 0.6 is 0 Å². The molecule has 15 heavy (non-hydrogen) atoms. The topological polar surface area (TPSA) is 12.0 Å². The number of benzene rings is 1. The van der Waals surface area contributed by atoms with Crippen molar-refractivity contribution in [1.29, 1.82) is 0 Å². The summed E-state index contributed by atoms with van der Waals surface area (Å²) in [6.45, 7) is 3.31. The predicted molar refractivity (Wildman–Crippen MR) is 60.5 cm³/mol. The van der Waals surface area contributed by atoms with Crippen LogP contribution in [-0.4, -0.2) is 12.6 Å². The molecule has 0 aromatic heterocycles. The minimum absolute atomic E-state index is 0.126. The summed E-state index contributed by atoms with van der Waals surface area (Å²) in [5.74, 6) is 0.315. The summed E-state index contributed by atoms with van der Waals surface area (Å²) >= 11 is 0. The Balaban J connectivity index is 1.97. The molecule has 1 aromatic rings. The first kappa shape index (κ1) is 10.6.